The van der Waals surface area contributed by atoms with E-state index in [4.69, 9.17) is 0 Å². The summed E-state index contributed by atoms with van der Waals surface area (Å²) in [4.78, 5) is 9.48. The fourth-order valence-electron chi connectivity index (χ4n) is 1.92. The molecule has 2 heterocycles. The number of halogens is 2. The van der Waals surface area contributed by atoms with Gasteiger partial charge >= 0.3 is 0 Å². The Bertz CT molecular complexity index is 344. The third kappa shape index (κ3) is 2.11. The quantitative estimate of drug-likeness (QED) is 0.817. The summed E-state index contributed by atoms with van der Waals surface area (Å²) in [7, 11) is 1.56. The third-order valence-electron chi connectivity index (χ3n) is 2.78. The number of alkyl halides is 2. The van der Waals surface area contributed by atoms with Crippen LogP contribution in [0, 0.1) is 0 Å². The van der Waals surface area contributed by atoms with Crippen LogP contribution in [0.1, 0.15) is 6.42 Å². The van der Waals surface area contributed by atoms with Crippen molar-refractivity contribution in [2.24, 2.45) is 0 Å². The van der Waals surface area contributed by atoms with Gasteiger partial charge in [-0.2, -0.15) is 0 Å². The molecule has 2 rings (SSSR count). The molecule has 0 amide bonds. The first kappa shape index (κ1) is 11.2. The van der Waals surface area contributed by atoms with Gasteiger partial charge in [-0.25, -0.2) is 18.7 Å². The summed E-state index contributed by atoms with van der Waals surface area (Å²) in [6.45, 7) is 0.216. The van der Waals surface area contributed by atoms with Crippen LogP contribution < -0.4 is 10.2 Å². The van der Waals surface area contributed by atoms with E-state index in [1.807, 2.05) is 0 Å². The van der Waals surface area contributed by atoms with Gasteiger partial charge in [0.1, 0.15) is 0 Å². The van der Waals surface area contributed by atoms with Gasteiger partial charge in [-0.15, -0.1) is 0 Å². The molecule has 0 saturated carbocycles. The molecule has 1 aliphatic rings. The zero-order chi connectivity index (χ0) is 11.6. The molecule has 1 aromatic heterocycles. The Labute approximate surface area is 92.7 Å². The lowest BCUT2D eigenvalue weighted by molar-refractivity contribution is -0.0405. The number of aromatic nitrogens is 2. The Hall–Kier alpha value is -1.30. The van der Waals surface area contributed by atoms with E-state index in [-0.39, 0.29) is 6.54 Å². The van der Waals surface area contributed by atoms with E-state index in [0.29, 0.717) is 18.9 Å². The summed E-state index contributed by atoms with van der Waals surface area (Å²) in [5, 5.41) is 2.65. The SMILES string of the molecule is CN[C@H]1CCN(c2ncccn2)CC1(F)F. The van der Waals surface area contributed by atoms with Gasteiger partial charge in [0, 0.05) is 18.9 Å². The number of hydrogen-bond donors (Lipinski definition) is 1. The fraction of sp³-hybridized carbons (Fsp3) is 0.600. The number of hydrogen-bond acceptors (Lipinski definition) is 4. The number of anilines is 1. The Kier molecular flexibility index (Phi) is 3.00. The molecule has 4 nitrogen and oxygen atoms in total. The van der Waals surface area contributed by atoms with Crippen molar-refractivity contribution in [1.29, 1.82) is 0 Å². The lowest BCUT2D eigenvalue weighted by Crippen LogP contribution is -2.56. The van der Waals surface area contributed by atoms with Crippen molar-refractivity contribution >= 4 is 5.95 Å². The molecule has 1 aromatic rings. The van der Waals surface area contributed by atoms with Gasteiger partial charge in [-0.1, -0.05) is 0 Å². The van der Waals surface area contributed by atoms with Gasteiger partial charge in [-0.05, 0) is 19.5 Å². The molecule has 0 radical (unpaired) electrons. The lowest BCUT2D eigenvalue weighted by atomic mass is 10.0. The van der Waals surface area contributed by atoms with Crippen LogP contribution in [0.4, 0.5) is 14.7 Å². The van der Waals surface area contributed by atoms with Gasteiger partial charge < -0.3 is 10.2 Å². The zero-order valence-corrected chi connectivity index (χ0v) is 9.03. The van der Waals surface area contributed by atoms with E-state index in [2.05, 4.69) is 15.3 Å². The van der Waals surface area contributed by atoms with Crippen LogP contribution >= 0.6 is 0 Å². The second-order valence-electron chi connectivity index (χ2n) is 3.86. The Morgan fingerprint density at radius 1 is 1.44 bits per heavy atom. The van der Waals surface area contributed by atoms with Crippen LogP contribution in [0.5, 0.6) is 0 Å². The summed E-state index contributed by atoms with van der Waals surface area (Å²) < 4.78 is 27.3. The highest BCUT2D eigenvalue weighted by molar-refractivity contribution is 5.30. The van der Waals surface area contributed by atoms with E-state index in [0.717, 1.165) is 0 Å². The fourth-order valence-corrected chi connectivity index (χ4v) is 1.92. The van der Waals surface area contributed by atoms with Crippen molar-refractivity contribution < 1.29 is 8.78 Å². The van der Waals surface area contributed by atoms with E-state index < -0.39 is 12.0 Å². The second kappa shape index (κ2) is 4.29. The molecular weight excluding hydrogens is 214 g/mol. The first-order chi connectivity index (χ1) is 7.63. The Balaban J connectivity index is 2.11. The minimum Gasteiger partial charge on any atom is -0.335 e. The van der Waals surface area contributed by atoms with E-state index in [1.165, 1.54) is 4.90 Å². The number of piperidine rings is 1. The molecule has 0 spiro atoms. The van der Waals surface area contributed by atoms with E-state index in [9.17, 15) is 8.78 Å². The minimum absolute atomic E-state index is 0.331. The molecule has 88 valence electrons. The smallest absolute Gasteiger partial charge is 0.280 e. The second-order valence-corrected chi connectivity index (χ2v) is 3.86. The first-order valence-electron chi connectivity index (χ1n) is 5.20. The molecule has 0 aliphatic carbocycles. The number of rotatable bonds is 2. The molecule has 0 unspecified atom stereocenters. The molecule has 1 fully saturated rings. The Morgan fingerprint density at radius 3 is 2.69 bits per heavy atom. The van der Waals surface area contributed by atoms with Crippen molar-refractivity contribution in [3.63, 3.8) is 0 Å². The maximum Gasteiger partial charge on any atom is 0.280 e. The zero-order valence-electron chi connectivity index (χ0n) is 9.03. The molecule has 16 heavy (non-hydrogen) atoms. The normalized spacial score (nSPS) is 24.4. The van der Waals surface area contributed by atoms with Crippen LogP contribution in [-0.2, 0) is 0 Å². The van der Waals surface area contributed by atoms with Crippen LogP contribution in [-0.4, -0.2) is 42.1 Å². The lowest BCUT2D eigenvalue weighted by Gasteiger charge is -2.38. The van der Waals surface area contributed by atoms with Crippen molar-refractivity contribution in [2.45, 2.75) is 18.4 Å². The van der Waals surface area contributed by atoms with E-state index >= 15 is 0 Å². The highest BCUT2D eigenvalue weighted by Crippen LogP contribution is 2.28. The van der Waals surface area contributed by atoms with Crippen LogP contribution in [0.2, 0.25) is 0 Å². The van der Waals surface area contributed by atoms with Crippen molar-refractivity contribution in [2.75, 3.05) is 25.0 Å². The topological polar surface area (TPSA) is 41.0 Å². The molecule has 0 bridgehead atoms. The molecule has 1 aliphatic heterocycles. The number of nitrogens with one attached hydrogen (secondary N) is 1. The summed E-state index contributed by atoms with van der Waals surface area (Å²) in [6.07, 6.45) is 3.51. The molecule has 0 aromatic carbocycles. The summed E-state index contributed by atoms with van der Waals surface area (Å²) in [5.41, 5.74) is 0. The van der Waals surface area contributed by atoms with Gasteiger partial charge in [0.2, 0.25) is 5.95 Å². The van der Waals surface area contributed by atoms with Gasteiger partial charge in [0.25, 0.3) is 5.92 Å². The predicted molar refractivity (Wildman–Crippen MR) is 56.7 cm³/mol. The summed E-state index contributed by atoms with van der Waals surface area (Å²) in [6, 6.07) is 0.912. The average Bonchev–Trinajstić information content (AvgIpc) is 2.29. The average molecular weight is 228 g/mol. The summed E-state index contributed by atoms with van der Waals surface area (Å²) in [5.74, 6) is -2.37. The predicted octanol–water partition coefficient (Wildman–Crippen LogP) is 0.910. The molecule has 1 saturated heterocycles. The maximum absolute atomic E-state index is 13.6. The third-order valence-corrected chi connectivity index (χ3v) is 2.78. The van der Waals surface area contributed by atoms with Crippen molar-refractivity contribution in [1.82, 2.24) is 15.3 Å². The van der Waals surface area contributed by atoms with Crippen molar-refractivity contribution in [3.05, 3.63) is 18.5 Å². The van der Waals surface area contributed by atoms with Crippen LogP contribution in [0.15, 0.2) is 18.5 Å². The van der Waals surface area contributed by atoms with Crippen LogP contribution in [0.3, 0.4) is 0 Å². The molecule has 1 N–H and O–H groups in total. The molecular formula is C10H14F2N4. The van der Waals surface area contributed by atoms with Crippen molar-refractivity contribution in [3.8, 4) is 0 Å². The highest BCUT2D eigenvalue weighted by Gasteiger charge is 2.44. The van der Waals surface area contributed by atoms with Crippen LogP contribution in [0.25, 0.3) is 0 Å². The van der Waals surface area contributed by atoms with Gasteiger partial charge in [0.05, 0.1) is 12.6 Å². The van der Waals surface area contributed by atoms with Gasteiger partial charge in [-0.3, -0.25) is 0 Å². The maximum atomic E-state index is 13.6. The minimum atomic E-state index is -2.74. The van der Waals surface area contributed by atoms with Gasteiger partial charge in [0.15, 0.2) is 0 Å². The molecule has 1 atom stereocenters. The Morgan fingerprint density at radius 2 is 2.12 bits per heavy atom. The van der Waals surface area contributed by atoms with E-state index in [1.54, 1.807) is 25.5 Å². The largest absolute Gasteiger partial charge is 0.335 e. The number of nitrogens with zero attached hydrogens (tertiary/aromatic N) is 3. The monoisotopic (exact) mass is 228 g/mol. The molecule has 6 heteroatoms. The standard InChI is InChI=1S/C10H14F2N4/c1-13-8-3-6-16(7-10(8,11)12)9-14-4-2-5-15-9/h2,4-5,8,13H,3,6-7H2,1H3/t8-/m0/s1. The first-order valence-corrected chi connectivity index (χ1v) is 5.20. The summed E-state index contributed by atoms with van der Waals surface area (Å²) >= 11 is 0. The highest BCUT2D eigenvalue weighted by atomic mass is 19.3.